The summed E-state index contributed by atoms with van der Waals surface area (Å²) in [5.41, 5.74) is 1.91. The van der Waals surface area contributed by atoms with Gasteiger partial charge in [0.2, 0.25) is 0 Å². The van der Waals surface area contributed by atoms with Gasteiger partial charge in [-0.1, -0.05) is 24.3 Å². The summed E-state index contributed by atoms with van der Waals surface area (Å²) in [6.07, 6.45) is -0.200. The van der Waals surface area contributed by atoms with E-state index < -0.39 is 5.97 Å². The minimum absolute atomic E-state index is 0.00171. The lowest BCUT2D eigenvalue weighted by atomic mass is 10.0. The van der Waals surface area contributed by atoms with Crippen molar-refractivity contribution in [2.45, 2.75) is 6.42 Å². The zero-order valence-electron chi connectivity index (χ0n) is 10.00. The van der Waals surface area contributed by atoms with E-state index in [1.165, 1.54) is 0 Å². The Bertz CT molecular complexity index is 796. The van der Waals surface area contributed by atoms with E-state index >= 15 is 0 Å². The first kappa shape index (κ1) is 11.5. The molecule has 0 aliphatic heterocycles. The van der Waals surface area contributed by atoms with Crippen molar-refractivity contribution < 1.29 is 15.0 Å². The van der Waals surface area contributed by atoms with Gasteiger partial charge in [-0.2, -0.15) is 0 Å². The molecule has 1 heterocycles. The lowest BCUT2D eigenvalue weighted by Gasteiger charge is -2.07. The highest BCUT2D eigenvalue weighted by Crippen LogP contribution is 2.30. The number of benzene rings is 2. The first-order valence-electron chi connectivity index (χ1n) is 5.87. The van der Waals surface area contributed by atoms with Crippen LogP contribution in [0.4, 0.5) is 0 Å². The Morgan fingerprint density at radius 2 is 1.89 bits per heavy atom. The summed E-state index contributed by atoms with van der Waals surface area (Å²) in [6, 6.07) is 12.8. The fourth-order valence-corrected chi connectivity index (χ4v) is 2.18. The number of aromatic hydroxyl groups is 1. The molecule has 0 saturated heterocycles. The third-order valence-electron chi connectivity index (χ3n) is 3.10. The van der Waals surface area contributed by atoms with Gasteiger partial charge in [0, 0.05) is 16.3 Å². The monoisotopic (exact) mass is 253 g/mol. The highest BCUT2D eigenvalue weighted by Gasteiger charge is 2.11. The molecule has 0 saturated carbocycles. The quantitative estimate of drug-likeness (QED) is 0.689. The van der Waals surface area contributed by atoms with Crippen LogP contribution in [-0.4, -0.2) is 21.2 Å². The Morgan fingerprint density at radius 3 is 2.68 bits per heavy atom. The van der Waals surface area contributed by atoms with E-state index in [0.717, 1.165) is 10.9 Å². The van der Waals surface area contributed by atoms with Gasteiger partial charge in [-0.3, -0.25) is 4.79 Å². The van der Waals surface area contributed by atoms with Crippen molar-refractivity contribution in [1.82, 2.24) is 4.98 Å². The van der Waals surface area contributed by atoms with E-state index in [1.807, 2.05) is 30.3 Å². The molecule has 19 heavy (non-hydrogen) atoms. The molecule has 3 rings (SSSR count). The molecule has 4 heteroatoms. The average Bonchev–Trinajstić information content (AvgIpc) is 2.40. The molecule has 3 aromatic rings. The number of pyridine rings is 1. The van der Waals surface area contributed by atoms with Crippen LogP contribution in [0.3, 0.4) is 0 Å². The lowest BCUT2D eigenvalue weighted by Crippen LogP contribution is -2.00. The first-order valence-corrected chi connectivity index (χ1v) is 5.87. The van der Waals surface area contributed by atoms with E-state index in [0.29, 0.717) is 16.5 Å². The molecule has 0 radical (unpaired) electrons. The number of phenols is 1. The maximum Gasteiger partial charge on any atom is 0.307 e. The summed E-state index contributed by atoms with van der Waals surface area (Å²) in [6.45, 7) is 0. The Hall–Kier alpha value is -2.62. The number of aromatic nitrogens is 1. The van der Waals surface area contributed by atoms with Gasteiger partial charge in [0.15, 0.2) is 0 Å². The number of aliphatic carboxylic acids is 1. The van der Waals surface area contributed by atoms with Crippen molar-refractivity contribution in [3.05, 3.63) is 48.0 Å². The maximum absolute atomic E-state index is 10.7. The zero-order chi connectivity index (χ0) is 13.4. The predicted octanol–water partition coefficient (Wildman–Crippen LogP) is 2.72. The Labute approximate surface area is 108 Å². The van der Waals surface area contributed by atoms with Crippen molar-refractivity contribution >= 4 is 27.8 Å². The second-order valence-electron chi connectivity index (χ2n) is 4.39. The third-order valence-corrected chi connectivity index (χ3v) is 3.10. The van der Waals surface area contributed by atoms with Crippen LogP contribution in [0.1, 0.15) is 5.56 Å². The molecule has 0 fully saturated rings. The number of hydrogen-bond acceptors (Lipinski definition) is 3. The van der Waals surface area contributed by atoms with Gasteiger partial charge in [0.1, 0.15) is 5.75 Å². The molecule has 4 nitrogen and oxygen atoms in total. The summed E-state index contributed by atoms with van der Waals surface area (Å²) >= 11 is 0. The number of carbonyl (C=O) groups is 1. The Balaban J connectivity index is 2.29. The van der Waals surface area contributed by atoms with E-state index in [4.69, 9.17) is 5.11 Å². The van der Waals surface area contributed by atoms with Gasteiger partial charge >= 0.3 is 5.97 Å². The molecular weight excluding hydrogens is 242 g/mol. The Kier molecular flexibility index (Phi) is 2.56. The average molecular weight is 253 g/mol. The van der Waals surface area contributed by atoms with Crippen LogP contribution in [0.25, 0.3) is 21.8 Å². The minimum atomic E-state index is -0.969. The number of rotatable bonds is 2. The van der Waals surface area contributed by atoms with Gasteiger partial charge in [0.05, 0.1) is 17.5 Å². The second-order valence-corrected chi connectivity index (χ2v) is 4.39. The van der Waals surface area contributed by atoms with Crippen LogP contribution < -0.4 is 0 Å². The minimum Gasteiger partial charge on any atom is -0.507 e. The molecule has 94 valence electrons. The molecule has 2 aromatic carbocycles. The third kappa shape index (κ3) is 1.97. The number of phenolic OH excluding ortho intramolecular Hbond substituents is 1. The molecule has 0 aliphatic rings. The van der Waals surface area contributed by atoms with Crippen LogP contribution in [0, 0.1) is 0 Å². The summed E-state index contributed by atoms with van der Waals surface area (Å²) in [5, 5.41) is 20.5. The number of carboxylic acid groups (broad SMARTS) is 1. The number of carboxylic acids is 1. The summed E-state index contributed by atoms with van der Waals surface area (Å²) in [5.74, 6) is -0.971. The largest absolute Gasteiger partial charge is 0.507 e. The van der Waals surface area contributed by atoms with E-state index in [9.17, 15) is 9.90 Å². The molecule has 2 N–H and O–H groups in total. The highest BCUT2D eigenvalue weighted by molar-refractivity contribution is 5.96. The van der Waals surface area contributed by atoms with Gasteiger partial charge in [-0.05, 0) is 18.2 Å². The van der Waals surface area contributed by atoms with Gasteiger partial charge < -0.3 is 10.2 Å². The van der Waals surface area contributed by atoms with Crippen molar-refractivity contribution in [2.75, 3.05) is 0 Å². The van der Waals surface area contributed by atoms with Crippen LogP contribution in [0.2, 0.25) is 0 Å². The van der Waals surface area contributed by atoms with Gasteiger partial charge in [0.25, 0.3) is 0 Å². The highest BCUT2D eigenvalue weighted by atomic mass is 16.4. The fraction of sp³-hybridized carbons (Fsp3) is 0.0667. The van der Waals surface area contributed by atoms with Crippen molar-refractivity contribution in [3.8, 4) is 5.75 Å². The summed E-state index contributed by atoms with van der Waals surface area (Å²) in [4.78, 5) is 15.2. The van der Waals surface area contributed by atoms with Crippen LogP contribution >= 0.6 is 0 Å². The zero-order valence-corrected chi connectivity index (χ0v) is 10.00. The van der Waals surface area contributed by atoms with Crippen molar-refractivity contribution in [1.29, 1.82) is 0 Å². The molecule has 0 spiro atoms. The first-order chi connectivity index (χ1) is 9.15. The molecule has 0 aliphatic carbocycles. The molecule has 1 aromatic heterocycles. The number of hydrogen-bond donors (Lipinski definition) is 2. The number of para-hydroxylation sites is 1. The van der Waals surface area contributed by atoms with Crippen LogP contribution in [-0.2, 0) is 11.2 Å². The van der Waals surface area contributed by atoms with E-state index in [1.54, 1.807) is 12.1 Å². The van der Waals surface area contributed by atoms with E-state index in [2.05, 4.69) is 4.98 Å². The smallest absolute Gasteiger partial charge is 0.307 e. The molecule has 0 bridgehead atoms. The van der Waals surface area contributed by atoms with Crippen molar-refractivity contribution in [3.63, 3.8) is 0 Å². The van der Waals surface area contributed by atoms with Gasteiger partial charge in [-0.15, -0.1) is 0 Å². The van der Waals surface area contributed by atoms with E-state index in [-0.39, 0.29) is 12.2 Å². The maximum atomic E-state index is 10.7. The van der Waals surface area contributed by atoms with Gasteiger partial charge in [-0.25, -0.2) is 4.98 Å². The lowest BCUT2D eigenvalue weighted by molar-refractivity contribution is -0.136. The molecule has 0 atom stereocenters. The topological polar surface area (TPSA) is 70.4 Å². The number of nitrogens with zero attached hydrogens (tertiary/aromatic N) is 1. The molecule has 0 amide bonds. The fourth-order valence-electron chi connectivity index (χ4n) is 2.18. The predicted molar refractivity (Wildman–Crippen MR) is 72.3 cm³/mol. The second kappa shape index (κ2) is 4.24. The summed E-state index contributed by atoms with van der Waals surface area (Å²) < 4.78 is 0. The van der Waals surface area contributed by atoms with Crippen LogP contribution in [0.5, 0.6) is 5.75 Å². The molecule has 0 unspecified atom stereocenters. The standard InChI is InChI=1S/C15H11NO3/c17-14(18)8-10-5-6-13-11(15(10)19)7-9-3-1-2-4-12(9)16-13/h1-7,19H,8H2,(H,17,18). The summed E-state index contributed by atoms with van der Waals surface area (Å²) in [7, 11) is 0. The Morgan fingerprint density at radius 1 is 1.11 bits per heavy atom. The molecular formula is C15H11NO3. The SMILES string of the molecule is O=C(O)Cc1ccc2nc3ccccc3cc2c1O. The van der Waals surface area contributed by atoms with Crippen LogP contribution in [0.15, 0.2) is 42.5 Å². The normalized spacial score (nSPS) is 10.9. The number of fused-ring (bicyclic) bond motifs is 2. The van der Waals surface area contributed by atoms with Crippen molar-refractivity contribution in [2.24, 2.45) is 0 Å².